The number of rotatable bonds is 5. The van der Waals surface area contributed by atoms with Gasteiger partial charge in [0.05, 0.1) is 27.5 Å². The van der Waals surface area contributed by atoms with Crippen molar-refractivity contribution in [2.45, 2.75) is 18.9 Å². The standard InChI is InChI=1S/C22H20N6OS/c29-21(19-2-1-10-23-19)26-15-5-3-14(4-6-15)17-9-11-24-22(28-17)27-16-7-8-18-20(12-16)30-13-25-18/h3-9,11-13,19,23H,1-2,10H2,(H,26,29)(H,24,27,28). The van der Waals surface area contributed by atoms with Crippen molar-refractivity contribution in [3.05, 3.63) is 60.2 Å². The topological polar surface area (TPSA) is 91.8 Å². The molecule has 3 heterocycles. The molecule has 0 bridgehead atoms. The third-order valence-electron chi connectivity index (χ3n) is 5.07. The number of anilines is 3. The molecule has 0 aliphatic carbocycles. The molecule has 5 rings (SSSR count). The average Bonchev–Trinajstić information content (AvgIpc) is 3.46. The van der Waals surface area contributed by atoms with Gasteiger partial charge < -0.3 is 16.0 Å². The van der Waals surface area contributed by atoms with E-state index in [-0.39, 0.29) is 11.9 Å². The lowest BCUT2D eigenvalue weighted by Crippen LogP contribution is -2.35. The van der Waals surface area contributed by atoms with Gasteiger partial charge >= 0.3 is 0 Å². The van der Waals surface area contributed by atoms with Gasteiger partial charge in [-0.05, 0) is 55.8 Å². The summed E-state index contributed by atoms with van der Waals surface area (Å²) in [5.41, 5.74) is 6.28. The Kier molecular flexibility index (Phi) is 5.08. The van der Waals surface area contributed by atoms with Crippen LogP contribution >= 0.6 is 11.3 Å². The molecule has 2 aromatic heterocycles. The van der Waals surface area contributed by atoms with E-state index in [2.05, 4.69) is 30.9 Å². The summed E-state index contributed by atoms with van der Waals surface area (Å²) in [6.07, 6.45) is 3.66. The number of nitrogens with one attached hydrogen (secondary N) is 3. The number of hydrogen-bond acceptors (Lipinski definition) is 7. The first-order valence-corrected chi connectivity index (χ1v) is 10.7. The van der Waals surface area contributed by atoms with Gasteiger partial charge in [0.2, 0.25) is 11.9 Å². The van der Waals surface area contributed by atoms with Gasteiger partial charge in [-0.3, -0.25) is 4.79 Å². The normalized spacial score (nSPS) is 15.9. The van der Waals surface area contributed by atoms with E-state index < -0.39 is 0 Å². The number of benzene rings is 2. The molecule has 0 radical (unpaired) electrons. The second-order valence-corrected chi connectivity index (χ2v) is 8.03. The molecular formula is C22H20N6OS. The third-order valence-corrected chi connectivity index (χ3v) is 5.86. The van der Waals surface area contributed by atoms with Crippen LogP contribution in [0.2, 0.25) is 0 Å². The summed E-state index contributed by atoms with van der Waals surface area (Å²) in [6.45, 7) is 0.902. The van der Waals surface area contributed by atoms with Gasteiger partial charge in [0.25, 0.3) is 0 Å². The van der Waals surface area contributed by atoms with E-state index in [0.717, 1.165) is 52.2 Å². The van der Waals surface area contributed by atoms with Crippen LogP contribution in [0.5, 0.6) is 0 Å². The maximum absolute atomic E-state index is 12.2. The number of amides is 1. The number of thiazole rings is 1. The smallest absolute Gasteiger partial charge is 0.241 e. The van der Waals surface area contributed by atoms with Crippen LogP contribution < -0.4 is 16.0 Å². The molecule has 1 unspecified atom stereocenters. The van der Waals surface area contributed by atoms with Crippen LogP contribution in [-0.4, -0.2) is 33.4 Å². The monoisotopic (exact) mass is 416 g/mol. The Bertz CT molecular complexity index is 1180. The number of hydrogen-bond donors (Lipinski definition) is 3. The fourth-order valence-electron chi connectivity index (χ4n) is 3.50. The average molecular weight is 417 g/mol. The van der Waals surface area contributed by atoms with Gasteiger partial charge in [-0.25, -0.2) is 15.0 Å². The van der Waals surface area contributed by atoms with Crippen LogP contribution in [0.4, 0.5) is 17.3 Å². The molecule has 7 nitrogen and oxygen atoms in total. The summed E-state index contributed by atoms with van der Waals surface area (Å²) in [7, 11) is 0. The lowest BCUT2D eigenvalue weighted by atomic mass is 10.1. The van der Waals surface area contributed by atoms with E-state index in [1.165, 1.54) is 0 Å². The maximum atomic E-state index is 12.2. The predicted molar refractivity (Wildman–Crippen MR) is 120 cm³/mol. The van der Waals surface area contributed by atoms with Crippen molar-refractivity contribution in [2.24, 2.45) is 0 Å². The fraction of sp³-hybridized carbons (Fsp3) is 0.182. The van der Waals surface area contributed by atoms with Crippen molar-refractivity contribution in [3.8, 4) is 11.3 Å². The van der Waals surface area contributed by atoms with Crippen molar-refractivity contribution in [1.82, 2.24) is 20.3 Å². The van der Waals surface area contributed by atoms with Crippen molar-refractivity contribution < 1.29 is 4.79 Å². The van der Waals surface area contributed by atoms with Crippen molar-refractivity contribution in [1.29, 1.82) is 0 Å². The van der Waals surface area contributed by atoms with E-state index in [1.807, 2.05) is 54.0 Å². The zero-order chi connectivity index (χ0) is 20.3. The van der Waals surface area contributed by atoms with Gasteiger partial charge in [0.1, 0.15) is 0 Å². The van der Waals surface area contributed by atoms with Gasteiger partial charge in [0.15, 0.2) is 0 Å². The largest absolute Gasteiger partial charge is 0.325 e. The van der Waals surface area contributed by atoms with Crippen LogP contribution in [0, 0.1) is 0 Å². The maximum Gasteiger partial charge on any atom is 0.241 e. The summed E-state index contributed by atoms with van der Waals surface area (Å²) in [4.78, 5) is 25.5. The van der Waals surface area contributed by atoms with Crippen LogP contribution in [-0.2, 0) is 4.79 Å². The Morgan fingerprint density at radius 1 is 1.07 bits per heavy atom. The molecule has 4 aromatic rings. The lowest BCUT2D eigenvalue weighted by molar-refractivity contribution is -0.117. The number of nitrogens with zero attached hydrogens (tertiary/aromatic N) is 3. The molecule has 2 aromatic carbocycles. The number of carbonyl (C=O) groups is 1. The highest BCUT2D eigenvalue weighted by Crippen LogP contribution is 2.25. The molecule has 1 saturated heterocycles. The first kappa shape index (κ1) is 18.7. The van der Waals surface area contributed by atoms with Gasteiger partial charge in [-0.15, -0.1) is 11.3 Å². The zero-order valence-corrected chi connectivity index (χ0v) is 16.9. The molecule has 3 N–H and O–H groups in total. The minimum absolute atomic E-state index is 0.0201. The fourth-order valence-corrected chi connectivity index (χ4v) is 4.22. The summed E-state index contributed by atoms with van der Waals surface area (Å²) in [6, 6.07) is 15.5. The molecule has 0 saturated carbocycles. The van der Waals surface area contributed by atoms with Gasteiger partial charge in [0, 0.05) is 23.1 Å². The Morgan fingerprint density at radius 3 is 2.77 bits per heavy atom. The number of carbonyl (C=O) groups excluding carboxylic acids is 1. The Hall–Kier alpha value is -3.36. The molecule has 150 valence electrons. The minimum Gasteiger partial charge on any atom is -0.325 e. The van der Waals surface area contributed by atoms with E-state index >= 15 is 0 Å². The SMILES string of the molecule is O=C(Nc1ccc(-c2ccnc(Nc3ccc4ncsc4c3)n2)cc1)C1CCCN1. The van der Waals surface area contributed by atoms with E-state index in [1.54, 1.807) is 17.5 Å². The Morgan fingerprint density at radius 2 is 1.93 bits per heavy atom. The van der Waals surface area contributed by atoms with Gasteiger partial charge in [-0.1, -0.05) is 12.1 Å². The van der Waals surface area contributed by atoms with Crippen LogP contribution in [0.1, 0.15) is 12.8 Å². The van der Waals surface area contributed by atoms with Crippen LogP contribution in [0.15, 0.2) is 60.2 Å². The van der Waals surface area contributed by atoms with Crippen LogP contribution in [0.3, 0.4) is 0 Å². The Balaban J connectivity index is 1.30. The molecular weight excluding hydrogens is 396 g/mol. The summed E-state index contributed by atoms with van der Waals surface area (Å²) in [5, 5.41) is 9.44. The molecule has 1 amide bonds. The number of fused-ring (bicyclic) bond motifs is 1. The minimum atomic E-state index is -0.0932. The summed E-state index contributed by atoms with van der Waals surface area (Å²) < 4.78 is 1.11. The Labute approximate surface area is 177 Å². The lowest BCUT2D eigenvalue weighted by Gasteiger charge is -2.11. The highest BCUT2D eigenvalue weighted by atomic mass is 32.1. The zero-order valence-electron chi connectivity index (χ0n) is 16.1. The third kappa shape index (κ3) is 4.00. The summed E-state index contributed by atoms with van der Waals surface area (Å²) >= 11 is 1.60. The molecule has 30 heavy (non-hydrogen) atoms. The van der Waals surface area contributed by atoms with Crippen molar-refractivity contribution in [3.63, 3.8) is 0 Å². The quantitative estimate of drug-likeness (QED) is 0.452. The second-order valence-electron chi connectivity index (χ2n) is 7.14. The first-order chi connectivity index (χ1) is 14.7. The first-order valence-electron chi connectivity index (χ1n) is 9.83. The van der Waals surface area contributed by atoms with Crippen molar-refractivity contribution in [2.75, 3.05) is 17.2 Å². The summed E-state index contributed by atoms with van der Waals surface area (Å²) in [5.74, 6) is 0.549. The molecule has 1 atom stereocenters. The molecule has 1 aliphatic rings. The molecule has 8 heteroatoms. The molecule has 1 fully saturated rings. The molecule has 0 spiro atoms. The number of aromatic nitrogens is 3. The van der Waals surface area contributed by atoms with Gasteiger partial charge in [-0.2, -0.15) is 0 Å². The van der Waals surface area contributed by atoms with Crippen LogP contribution in [0.25, 0.3) is 21.5 Å². The predicted octanol–water partition coefficient (Wildman–Crippen LogP) is 4.19. The van der Waals surface area contributed by atoms with E-state index in [9.17, 15) is 4.79 Å². The molecule has 1 aliphatic heterocycles. The van der Waals surface area contributed by atoms with E-state index in [0.29, 0.717) is 5.95 Å². The van der Waals surface area contributed by atoms with E-state index in [4.69, 9.17) is 0 Å². The highest BCUT2D eigenvalue weighted by molar-refractivity contribution is 7.16. The highest BCUT2D eigenvalue weighted by Gasteiger charge is 2.21. The van der Waals surface area contributed by atoms with Crippen molar-refractivity contribution >= 4 is 44.8 Å². The second kappa shape index (κ2) is 8.17.